The van der Waals surface area contributed by atoms with Gasteiger partial charge in [0.25, 0.3) is 0 Å². The maximum atomic E-state index is 11.4. The van der Waals surface area contributed by atoms with E-state index in [-0.39, 0.29) is 5.91 Å². The first-order valence-corrected chi connectivity index (χ1v) is 6.00. The first kappa shape index (κ1) is 11.9. The van der Waals surface area contributed by atoms with Crippen molar-refractivity contribution in [1.29, 1.82) is 0 Å². The van der Waals surface area contributed by atoms with E-state index in [1.165, 1.54) is 5.56 Å². The van der Waals surface area contributed by atoms with Gasteiger partial charge >= 0.3 is 0 Å². The smallest absolute Gasteiger partial charge is 0.227 e. The van der Waals surface area contributed by atoms with Gasteiger partial charge in [0.2, 0.25) is 5.91 Å². The standard InChI is InChI=1S/C13H18N2O2/c1-14-7-2-3-10-4-5-12-11(9-10)15-13(16)6-8-17-12/h4-5,9,14H,2-3,6-8H2,1H3,(H,15,16). The summed E-state index contributed by atoms with van der Waals surface area (Å²) in [6.07, 6.45) is 2.51. The Labute approximate surface area is 101 Å². The highest BCUT2D eigenvalue weighted by atomic mass is 16.5. The first-order valence-electron chi connectivity index (χ1n) is 6.00. The molecule has 4 heteroatoms. The molecule has 4 nitrogen and oxygen atoms in total. The Morgan fingerprint density at radius 1 is 1.47 bits per heavy atom. The second kappa shape index (κ2) is 5.68. The quantitative estimate of drug-likeness (QED) is 0.777. The Kier molecular flexibility index (Phi) is 3.98. The van der Waals surface area contributed by atoms with E-state index >= 15 is 0 Å². The largest absolute Gasteiger partial charge is 0.491 e. The van der Waals surface area contributed by atoms with Crippen LogP contribution in [0.2, 0.25) is 0 Å². The third-order valence-electron chi connectivity index (χ3n) is 2.80. The van der Waals surface area contributed by atoms with Crippen molar-refractivity contribution in [1.82, 2.24) is 5.32 Å². The van der Waals surface area contributed by atoms with E-state index in [9.17, 15) is 4.79 Å². The van der Waals surface area contributed by atoms with Crippen molar-refractivity contribution in [2.45, 2.75) is 19.3 Å². The van der Waals surface area contributed by atoms with Crippen molar-refractivity contribution in [3.63, 3.8) is 0 Å². The van der Waals surface area contributed by atoms with Crippen LogP contribution in [0.25, 0.3) is 0 Å². The minimum absolute atomic E-state index is 0.0242. The molecule has 0 bridgehead atoms. The third-order valence-corrected chi connectivity index (χ3v) is 2.80. The van der Waals surface area contributed by atoms with Crippen LogP contribution >= 0.6 is 0 Å². The Hall–Kier alpha value is -1.55. The zero-order valence-corrected chi connectivity index (χ0v) is 10.1. The number of ether oxygens (including phenoxy) is 1. The van der Waals surface area contributed by atoms with Gasteiger partial charge in [-0.05, 0) is 44.1 Å². The molecule has 0 fully saturated rings. The predicted molar refractivity (Wildman–Crippen MR) is 67.4 cm³/mol. The highest BCUT2D eigenvalue weighted by Crippen LogP contribution is 2.28. The molecule has 0 saturated carbocycles. The number of amides is 1. The lowest BCUT2D eigenvalue weighted by Gasteiger charge is -2.09. The van der Waals surface area contributed by atoms with E-state index in [1.807, 2.05) is 19.2 Å². The molecule has 17 heavy (non-hydrogen) atoms. The van der Waals surface area contributed by atoms with E-state index in [0.29, 0.717) is 13.0 Å². The molecule has 2 N–H and O–H groups in total. The van der Waals surface area contributed by atoms with Crippen LogP contribution in [0.1, 0.15) is 18.4 Å². The van der Waals surface area contributed by atoms with Crippen molar-refractivity contribution >= 4 is 11.6 Å². The number of hydrogen-bond donors (Lipinski definition) is 2. The van der Waals surface area contributed by atoms with Crippen LogP contribution in [-0.4, -0.2) is 26.1 Å². The molecule has 2 rings (SSSR count). The number of benzene rings is 1. The molecule has 1 aliphatic heterocycles. The maximum absolute atomic E-state index is 11.4. The topological polar surface area (TPSA) is 50.4 Å². The van der Waals surface area contributed by atoms with Gasteiger partial charge in [-0.2, -0.15) is 0 Å². The summed E-state index contributed by atoms with van der Waals surface area (Å²) < 4.78 is 5.50. The predicted octanol–water partition coefficient (Wildman–Crippen LogP) is 1.56. The summed E-state index contributed by atoms with van der Waals surface area (Å²) in [6.45, 7) is 1.46. The van der Waals surface area contributed by atoms with Gasteiger partial charge < -0.3 is 15.4 Å². The maximum Gasteiger partial charge on any atom is 0.227 e. The molecular formula is C13H18N2O2. The van der Waals surface area contributed by atoms with Gasteiger partial charge in [-0.15, -0.1) is 0 Å². The molecule has 0 aromatic heterocycles. The summed E-state index contributed by atoms with van der Waals surface area (Å²) in [6, 6.07) is 6.01. The second-order valence-corrected chi connectivity index (χ2v) is 4.18. The Balaban J connectivity index is 2.09. The van der Waals surface area contributed by atoms with E-state index in [4.69, 9.17) is 4.74 Å². The lowest BCUT2D eigenvalue weighted by molar-refractivity contribution is -0.116. The molecule has 0 radical (unpaired) electrons. The summed E-state index contributed by atoms with van der Waals surface area (Å²) in [5, 5.41) is 6.00. The van der Waals surface area contributed by atoms with Gasteiger partial charge in [-0.1, -0.05) is 6.07 Å². The molecule has 0 atom stereocenters. The number of anilines is 1. The average molecular weight is 234 g/mol. The number of fused-ring (bicyclic) bond motifs is 1. The Morgan fingerprint density at radius 2 is 2.35 bits per heavy atom. The average Bonchev–Trinajstić information content (AvgIpc) is 2.49. The summed E-state index contributed by atoms with van der Waals surface area (Å²) in [7, 11) is 1.95. The molecule has 1 aromatic rings. The normalized spacial score (nSPS) is 14.5. The van der Waals surface area contributed by atoms with Crippen molar-refractivity contribution in [2.24, 2.45) is 0 Å². The first-order chi connectivity index (χ1) is 8.29. The van der Waals surface area contributed by atoms with Crippen LogP contribution in [0.3, 0.4) is 0 Å². The fraction of sp³-hybridized carbons (Fsp3) is 0.462. The lowest BCUT2D eigenvalue weighted by atomic mass is 10.1. The van der Waals surface area contributed by atoms with Gasteiger partial charge in [0.1, 0.15) is 5.75 Å². The number of carbonyl (C=O) groups is 1. The molecule has 0 unspecified atom stereocenters. The van der Waals surface area contributed by atoms with Crippen molar-refractivity contribution in [3.8, 4) is 5.75 Å². The minimum atomic E-state index is 0.0242. The molecule has 0 spiro atoms. The Bertz CT molecular complexity index is 404. The fourth-order valence-electron chi connectivity index (χ4n) is 1.89. The number of hydrogen-bond acceptors (Lipinski definition) is 3. The van der Waals surface area contributed by atoms with Crippen LogP contribution in [0.15, 0.2) is 18.2 Å². The molecule has 1 heterocycles. The minimum Gasteiger partial charge on any atom is -0.491 e. The molecule has 1 aliphatic rings. The second-order valence-electron chi connectivity index (χ2n) is 4.18. The highest BCUT2D eigenvalue weighted by Gasteiger charge is 2.13. The van der Waals surface area contributed by atoms with Crippen LogP contribution in [0, 0.1) is 0 Å². The molecule has 92 valence electrons. The van der Waals surface area contributed by atoms with Gasteiger partial charge in [-0.3, -0.25) is 4.79 Å². The van der Waals surface area contributed by atoms with Crippen LogP contribution in [0.5, 0.6) is 5.75 Å². The highest BCUT2D eigenvalue weighted by molar-refractivity contribution is 5.93. The number of nitrogens with one attached hydrogen (secondary N) is 2. The fourth-order valence-corrected chi connectivity index (χ4v) is 1.89. The zero-order chi connectivity index (χ0) is 12.1. The van der Waals surface area contributed by atoms with E-state index < -0.39 is 0 Å². The Morgan fingerprint density at radius 3 is 3.18 bits per heavy atom. The number of aryl methyl sites for hydroxylation is 1. The number of rotatable bonds is 4. The molecule has 0 saturated heterocycles. The van der Waals surface area contributed by atoms with Crippen LogP contribution < -0.4 is 15.4 Å². The summed E-state index contributed by atoms with van der Waals surface area (Å²) in [4.78, 5) is 11.4. The summed E-state index contributed by atoms with van der Waals surface area (Å²) in [5.41, 5.74) is 2.03. The van der Waals surface area contributed by atoms with Gasteiger partial charge in [-0.25, -0.2) is 0 Å². The number of carbonyl (C=O) groups excluding carboxylic acids is 1. The molecule has 0 aliphatic carbocycles. The van der Waals surface area contributed by atoms with E-state index in [1.54, 1.807) is 0 Å². The van der Waals surface area contributed by atoms with Gasteiger partial charge in [0.05, 0.1) is 18.7 Å². The van der Waals surface area contributed by atoms with Gasteiger partial charge in [0.15, 0.2) is 0 Å². The van der Waals surface area contributed by atoms with E-state index in [0.717, 1.165) is 30.8 Å². The molecule has 1 aromatic carbocycles. The zero-order valence-electron chi connectivity index (χ0n) is 10.1. The molecular weight excluding hydrogens is 216 g/mol. The molecule has 1 amide bonds. The third kappa shape index (κ3) is 3.20. The van der Waals surface area contributed by atoms with Crippen LogP contribution in [-0.2, 0) is 11.2 Å². The summed E-state index contributed by atoms with van der Waals surface area (Å²) in [5.74, 6) is 0.796. The van der Waals surface area contributed by atoms with Crippen molar-refractivity contribution < 1.29 is 9.53 Å². The lowest BCUT2D eigenvalue weighted by Crippen LogP contribution is -2.11. The van der Waals surface area contributed by atoms with Crippen LogP contribution in [0.4, 0.5) is 5.69 Å². The van der Waals surface area contributed by atoms with Gasteiger partial charge in [0, 0.05) is 0 Å². The summed E-state index contributed by atoms with van der Waals surface area (Å²) >= 11 is 0. The van der Waals surface area contributed by atoms with Crippen molar-refractivity contribution in [3.05, 3.63) is 23.8 Å². The SMILES string of the molecule is CNCCCc1ccc2c(c1)NC(=O)CCO2. The monoisotopic (exact) mass is 234 g/mol. The van der Waals surface area contributed by atoms with Crippen molar-refractivity contribution in [2.75, 3.05) is 25.5 Å². The van der Waals surface area contributed by atoms with E-state index in [2.05, 4.69) is 16.7 Å².